The SMILES string of the molecule is CCCOc1ncccc1CN=C(NCC)N1CCS(=O)(=O)C(C)(C)C1.I. The molecule has 0 aliphatic carbocycles. The number of hydrogen-bond donors (Lipinski definition) is 1. The molecule has 0 spiro atoms. The van der Waals surface area contributed by atoms with Crippen molar-refractivity contribution < 1.29 is 13.2 Å². The van der Waals surface area contributed by atoms with Gasteiger partial charge in [0.05, 0.1) is 23.7 Å². The molecule has 1 aromatic rings. The van der Waals surface area contributed by atoms with Crippen LogP contribution in [0.5, 0.6) is 5.88 Å². The Morgan fingerprint density at radius 1 is 1.41 bits per heavy atom. The molecule has 1 aromatic heterocycles. The maximum absolute atomic E-state index is 12.2. The number of guanidine groups is 1. The molecule has 1 aliphatic heterocycles. The Labute approximate surface area is 179 Å². The Bertz CT molecular complexity index is 738. The molecule has 7 nitrogen and oxygen atoms in total. The van der Waals surface area contributed by atoms with Crippen molar-refractivity contribution in [2.45, 2.75) is 45.4 Å². The second kappa shape index (κ2) is 10.4. The Kier molecular flexibility index (Phi) is 9.26. The van der Waals surface area contributed by atoms with Crippen molar-refractivity contribution in [1.82, 2.24) is 15.2 Å². The van der Waals surface area contributed by atoms with Crippen LogP contribution in [-0.4, -0.2) is 61.0 Å². The van der Waals surface area contributed by atoms with Crippen molar-refractivity contribution >= 4 is 39.8 Å². The Morgan fingerprint density at radius 2 is 2.15 bits per heavy atom. The summed E-state index contributed by atoms with van der Waals surface area (Å²) in [5.41, 5.74) is 0.917. The number of rotatable bonds is 6. The summed E-state index contributed by atoms with van der Waals surface area (Å²) in [5.74, 6) is 1.47. The number of pyridine rings is 1. The van der Waals surface area contributed by atoms with Crippen LogP contribution in [0, 0.1) is 0 Å². The Hall–Kier alpha value is -1.10. The lowest BCUT2D eigenvalue weighted by Crippen LogP contribution is -2.57. The van der Waals surface area contributed by atoms with Crippen LogP contribution in [-0.2, 0) is 16.4 Å². The fourth-order valence-electron chi connectivity index (χ4n) is 2.78. The topological polar surface area (TPSA) is 83.9 Å². The monoisotopic (exact) mass is 510 g/mol. The predicted octanol–water partition coefficient (Wildman–Crippen LogP) is 2.46. The van der Waals surface area contributed by atoms with Gasteiger partial charge in [-0.2, -0.15) is 0 Å². The van der Waals surface area contributed by atoms with Gasteiger partial charge in [0.15, 0.2) is 15.8 Å². The third-order valence-electron chi connectivity index (χ3n) is 4.37. The van der Waals surface area contributed by atoms with Crippen LogP contribution in [0.2, 0.25) is 0 Å². The molecule has 0 amide bonds. The first-order valence-electron chi connectivity index (χ1n) is 9.13. The molecule has 1 saturated heterocycles. The number of ether oxygens (including phenoxy) is 1. The zero-order valence-electron chi connectivity index (χ0n) is 16.6. The predicted molar refractivity (Wildman–Crippen MR) is 120 cm³/mol. The van der Waals surface area contributed by atoms with E-state index >= 15 is 0 Å². The third kappa shape index (κ3) is 6.20. The summed E-state index contributed by atoms with van der Waals surface area (Å²) in [6.07, 6.45) is 2.63. The second-order valence-electron chi connectivity index (χ2n) is 6.99. The molecule has 0 unspecified atom stereocenters. The highest BCUT2D eigenvalue weighted by Gasteiger charge is 2.40. The van der Waals surface area contributed by atoms with E-state index in [9.17, 15) is 8.42 Å². The Morgan fingerprint density at radius 3 is 2.78 bits per heavy atom. The summed E-state index contributed by atoms with van der Waals surface area (Å²) in [7, 11) is -3.08. The molecular formula is C18H31IN4O3S. The van der Waals surface area contributed by atoms with E-state index in [1.807, 2.05) is 24.0 Å². The van der Waals surface area contributed by atoms with Gasteiger partial charge in [-0.05, 0) is 33.3 Å². The van der Waals surface area contributed by atoms with E-state index in [0.29, 0.717) is 32.1 Å². The van der Waals surface area contributed by atoms with Crippen LogP contribution in [0.15, 0.2) is 23.3 Å². The molecule has 2 rings (SSSR count). The molecule has 154 valence electrons. The first-order chi connectivity index (χ1) is 12.3. The van der Waals surface area contributed by atoms with Gasteiger partial charge in [0.25, 0.3) is 0 Å². The van der Waals surface area contributed by atoms with E-state index in [-0.39, 0.29) is 29.7 Å². The summed E-state index contributed by atoms with van der Waals surface area (Å²) < 4.78 is 29.4. The summed E-state index contributed by atoms with van der Waals surface area (Å²) in [6, 6.07) is 3.82. The Balaban J connectivity index is 0.00000364. The van der Waals surface area contributed by atoms with Crippen molar-refractivity contribution in [3.05, 3.63) is 23.9 Å². The summed E-state index contributed by atoms with van der Waals surface area (Å²) in [4.78, 5) is 11.0. The van der Waals surface area contributed by atoms with Crippen LogP contribution in [0.4, 0.5) is 0 Å². The van der Waals surface area contributed by atoms with E-state index in [4.69, 9.17) is 9.73 Å². The average Bonchev–Trinajstić information content (AvgIpc) is 2.60. The summed E-state index contributed by atoms with van der Waals surface area (Å²) >= 11 is 0. The van der Waals surface area contributed by atoms with Gasteiger partial charge in [-0.15, -0.1) is 24.0 Å². The summed E-state index contributed by atoms with van der Waals surface area (Å²) in [5, 5.41) is 3.27. The average molecular weight is 510 g/mol. The van der Waals surface area contributed by atoms with Gasteiger partial charge >= 0.3 is 0 Å². The van der Waals surface area contributed by atoms with E-state index in [2.05, 4.69) is 17.2 Å². The number of nitrogens with one attached hydrogen (secondary N) is 1. The maximum atomic E-state index is 12.2. The minimum atomic E-state index is -3.08. The van der Waals surface area contributed by atoms with Gasteiger partial charge in [-0.25, -0.2) is 18.4 Å². The lowest BCUT2D eigenvalue weighted by molar-refractivity contribution is 0.301. The molecule has 0 atom stereocenters. The minimum Gasteiger partial charge on any atom is -0.477 e. The third-order valence-corrected chi connectivity index (χ3v) is 6.90. The van der Waals surface area contributed by atoms with Crippen molar-refractivity contribution in [3.8, 4) is 5.88 Å². The van der Waals surface area contributed by atoms with E-state index in [0.717, 1.165) is 24.5 Å². The standard InChI is InChI=1S/C18H30N4O3S.HI/c1-5-11-25-16-15(8-7-9-20-16)13-21-17(19-6-2)22-10-12-26(23,24)18(3,4)14-22;/h7-9H,5-6,10-14H2,1-4H3,(H,19,21);1H. The molecule has 1 fully saturated rings. The molecular weight excluding hydrogens is 479 g/mol. The van der Waals surface area contributed by atoms with Gasteiger partial charge in [0, 0.05) is 31.4 Å². The maximum Gasteiger partial charge on any atom is 0.218 e. The summed E-state index contributed by atoms with van der Waals surface area (Å²) in [6.45, 7) is 10.2. The molecule has 27 heavy (non-hydrogen) atoms. The van der Waals surface area contributed by atoms with Crippen molar-refractivity contribution in [3.63, 3.8) is 0 Å². The van der Waals surface area contributed by atoms with Crippen LogP contribution >= 0.6 is 24.0 Å². The zero-order chi connectivity index (χ0) is 19.2. The number of hydrogen-bond acceptors (Lipinski definition) is 5. The lowest BCUT2D eigenvalue weighted by atomic mass is 10.2. The fraction of sp³-hybridized carbons (Fsp3) is 0.667. The number of sulfone groups is 1. The zero-order valence-corrected chi connectivity index (χ0v) is 19.7. The van der Waals surface area contributed by atoms with Gasteiger partial charge in [0.2, 0.25) is 5.88 Å². The molecule has 1 aliphatic rings. The number of halogens is 1. The molecule has 1 N–H and O–H groups in total. The number of aromatic nitrogens is 1. The van der Waals surface area contributed by atoms with Gasteiger partial charge in [-0.3, -0.25) is 0 Å². The number of nitrogens with zero attached hydrogens (tertiary/aromatic N) is 3. The second-order valence-corrected chi connectivity index (χ2v) is 9.73. The van der Waals surface area contributed by atoms with Gasteiger partial charge < -0.3 is 15.0 Å². The highest BCUT2D eigenvalue weighted by atomic mass is 127. The van der Waals surface area contributed by atoms with Crippen LogP contribution < -0.4 is 10.1 Å². The van der Waals surface area contributed by atoms with Crippen LogP contribution in [0.1, 0.15) is 39.7 Å². The van der Waals surface area contributed by atoms with Gasteiger partial charge in [0.1, 0.15) is 0 Å². The van der Waals surface area contributed by atoms with Crippen LogP contribution in [0.25, 0.3) is 0 Å². The van der Waals surface area contributed by atoms with Crippen molar-refractivity contribution in [1.29, 1.82) is 0 Å². The quantitative estimate of drug-likeness (QED) is 0.360. The van der Waals surface area contributed by atoms with Gasteiger partial charge in [-0.1, -0.05) is 13.0 Å². The minimum absolute atomic E-state index is 0. The molecule has 0 radical (unpaired) electrons. The van der Waals surface area contributed by atoms with Crippen molar-refractivity contribution in [2.75, 3.05) is 32.0 Å². The first kappa shape index (κ1) is 23.9. The molecule has 0 saturated carbocycles. The smallest absolute Gasteiger partial charge is 0.218 e. The molecule has 2 heterocycles. The first-order valence-corrected chi connectivity index (χ1v) is 10.8. The highest BCUT2D eigenvalue weighted by molar-refractivity contribution is 14.0. The molecule has 9 heteroatoms. The molecule has 0 bridgehead atoms. The van der Waals surface area contributed by atoms with E-state index in [1.54, 1.807) is 20.0 Å². The lowest BCUT2D eigenvalue weighted by Gasteiger charge is -2.39. The van der Waals surface area contributed by atoms with Crippen LogP contribution in [0.3, 0.4) is 0 Å². The largest absolute Gasteiger partial charge is 0.477 e. The van der Waals surface area contributed by atoms with E-state index < -0.39 is 14.6 Å². The number of aliphatic imine (C=N–C) groups is 1. The van der Waals surface area contributed by atoms with E-state index in [1.165, 1.54) is 0 Å². The fourth-order valence-corrected chi connectivity index (χ4v) is 4.15. The van der Waals surface area contributed by atoms with Crippen molar-refractivity contribution in [2.24, 2.45) is 4.99 Å². The molecule has 0 aromatic carbocycles. The highest BCUT2D eigenvalue weighted by Crippen LogP contribution is 2.24. The normalized spacial score (nSPS) is 18.5.